The van der Waals surface area contributed by atoms with Gasteiger partial charge < -0.3 is 14.2 Å². The van der Waals surface area contributed by atoms with E-state index in [4.69, 9.17) is 14.2 Å². The van der Waals surface area contributed by atoms with Crippen molar-refractivity contribution in [3.63, 3.8) is 0 Å². The first kappa shape index (κ1) is 65.3. The van der Waals surface area contributed by atoms with Crippen LogP contribution in [0.15, 0.2) is 97.2 Å². The molecule has 6 nitrogen and oxygen atoms in total. The summed E-state index contributed by atoms with van der Waals surface area (Å²) in [5.74, 6) is -0.932. The van der Waals surface area contributed by atoms with E-state index in [1.807, 2.05) is 0 Å². The van der Waals surface area contributed by atoms with Gasteiger partial charge in [-0.1, -0.05) is 240 Å². The minimum Gasteiger partial charge on any atom is -0.462 e. The monoisotopic (exact) mass is 959 g/mol. The summed E-state index contributed by atoms with van der Waals surface area (Å²) in [5, 5.41) is 0. The van der Waals surface area contributed by atoms with Crippen molar-refractivity contribution in [3.8, 4) is 0 Å². The summed E-state index contributed by atoms with van der Waals surface area (Å²) >= 11 is 0. The molecule has 0 saturated carbocycles. The number of carbonyl (C=O) groups excluding carboxylic acids is 3. The highest BCUT2D eigenvalue weighted by Crippen LogP contribution is 2.14. The van der Waals surface area contributed by atoms with Gasteiger partial charge in [0, 0.05) is 19.3 Å². The first-order chi connectivity index (χ1) is 34.0. The molecule has 0 fully saturated rings. The molecule has 0 N–H and O–H groups in total. The van der Waals surface area contributed by atoms with Crippen LogP contribution in [0.3, 0.4) is 0 Å². The van der Waals surface area contributed by atoms with Crippen LogP contribution in [0.2, 0.25) is 0 Å². The Hall–Kier alpha value is -3.67. The van der Waals surface area contributed by atoms with Gasteiger partial charge in [0.25, 0.3) is 0 Å². The zero-order valence-electron chi connectivity index (χ0n) is 45.0. The van der Waals surface area contributed by atoms with Gasteiger partial charge in [0.15, 0.2) is 6.10 Å². The van der Waals surface area contributed by atoms with Crippen LogP contribution < -0.4 is 0 Å². The van der Waals surface area contributed by atoms with Crippen LogP contribution in [0.1, 0.15) is 265 Å². The van der Waals surface area contributed by atoms with Crippen LogP contribution in [0.4, 0.5) is 0 Å². The number of hydrogen-bond donors (Lipinski definition) is 0. The summed E-state index contributed by atoms with van der Waals surface area (Å²) in [5.41, 5.74) is 0. The molecule has 0 aliphatic carbocycles. The Balaban J connectivity index is 4.38. The number of unbranched alkanes of at least 4 members (excludes halogenated alkanes) is 24. The Morgan fingerprint density at radius 2 is 0.565 bits per heavy atom. The normalized spacial score (nSPS) is 12.8. The average molecular weight is 960 g/mol. The highest BCUT2D eigenvalue weighted by atomic mass is 16.6. The van der Waals surface area contributed by atoms with Crippen molar-refractivity contribution in [3.05, 3.63) is 97.2 Å². The smallest absolute Gasteiger partial charge is 0.306 e. The van der Waals surface area contributed by atoms with E-state index in [1.165, 1.54) is 103 Å². The average Bonchev–Trinajstić information content (AvgIpc) is 3.35. The van der Waals surface area contributed by atoms with Gasteiger partial charge in [-0.3, -0.25) is 14.4 Å². The van der Waals surface area contributed by atoms with Crippen molar-refractivity contribution >= 4 is 17.9 Å². The zero-order chi connectivity index (χ0) is 50.0. The Morgan fingerprint density at radius 1 is 0.304 bits per heavy atom. The van der Waals surface area contributed by atoms with Gasteiger partial charge in [-0.05, 0) is 103 Å². The topological polar surface area (TPSA) is 78.9 Å². The second-order valence-electron chi connectivity index (χ2n) is 18.8. The van der Waals surface area contributed by atoms with E-state index in [2.05, 4.69) is 118 Å². The molecule has 0 spiro atoms. The third-order valence-electron chi connectivity index (χ3n) is 12.1. The molecule has 0 rings (SSSR count). The molecular formula is C63H106O6. The number of esters is 3. The maximum atomic E-state index is 12.8. The van der Waals surface area contributed by atoms with Crippen molar-refractivity contribution in [2.75, 3.05) is 13.2 Å². The lowest BCUT2D eigenvalue weighted by Crippen LogP contribution is -2.30. The number of allylic oxidation sites excluding steroid dienone is 16. The van der Waals surface area contributed by atoms with Gasteiger partial charge in [0.2, 0.25) is 0 Å². The molecule has 0 aliphatic rings. The van der Waals surface area contributed by atoms with Crippen LogP contribution in [0.5, 0.6) is 0 Å². The fourth-order valence-corrected chi connectivity index (χ4v) is 7.77. The third-order valence-corrected chi connectivity index (χ3v) is 12.1. The summed E-state index contributed by atoms with van der Waals surface area (Å²) in [6.45, 7) is 6.48. The van der Waals surface area contributed by atoms with E-state index >= 15 is 0 Å². The highest BCUT2D eigenvalue weighted by Gasteiger charge is 2.19. The molecule has 0 aromatic rings. The van der Waals surface area contributed by atoms with Crippen molar-refractivity contribution in [1.29, 1.82) is 0 Å². The third kappa shape index (κ3) is 55.1. The van der Waals surface area contributed by atoms with Crippen LogP contribution >= 0.6 is 0 Å². The number of ether oxygens (including phenoxy) is 3. The SMILES string of the molecule is CC/C=C\C/C=C\C/C=C\C/C=C\C/C=C\C/C=C\C/C=C\CCCCCC(=O)OCC(COC(=O)CCCCCCCCCCCC)OC(=O)CCCCCCC/C=C\CCCCCCCCC. The minimum absolute atomic E-state index is 0.0903. The van der Waals surface area contributed by atoms with Gasteiger partial charge in [0.05, 0.1) is 0 Å². The maximum Gasteiger partial charge on any atom is 0.306 e. The van der Waals surface area contributed by atoms with E-state index in [1.54, 1.807) is 0 Å². The molecule has 69 heavy (non-hydrogen) atoms. The summed E-state index contributed by atoms with van der Waals surface area (Å²) in [7, 11) is 0. The van der Waals surface area contributed by atoms with E-state index in [0.29, 0.717) is 19.3 Å². The Kier molecular flexibility index (Phi) is 53.9. The molecule has 394 valence electrons. The number of carbonyl (C=O) groups is 3. The molecule has 0 heterocycles. The molecule has 0 radical (unpaired) electrons. The fraction of sp³-hybridized carbons (Fsp3) is 0.698. The van der Waals surface area contributed by atoms with Crippen molar-refractivity contribution < 1.29 is 28.6 Å². The van der Waals surface area contributed by atoms with E-state index in [9.17, 15) is 14.4 Å². The second-order valence-corrected chi connectivity index (χ2v) is 18.8. The molecular weight excluding hydrogens is 853 g/mol. The van der Waals surface area contributed by atoms with E-state index in [0.717, 1.165) is 122 Å². The summed E-state index contributed by atoms with van der Waals surface area (Å²) in [4.78, 5) is 38.1. The molecule has 1 unspecified atom stereocenters. The first-order valence-electron chi connectivity index (χ1n) is 28.7. The quantitative estimate of drug-likeness (QED) is 0.0262. The lowest BCUT2D eigenvalue weighted by molar-refractivity contribution is -0.167. The number of hydrogen-bond acceptors (Lipinski definition) is 6. The second kappa shape index (κ2) is 56.9. The van der Waals surface area contributed by atoms with Crippen molar-refractivity contribution in [2.24, 2.45) is 0 Å². The predicted octanol–water partition coefficient (Wildman–Crippen LogP) is 19.3. The largest absolute Gasteiger partial charge is 0.462 e. The zero-order valence-corrected chi connectivity index (χ0v) is 45.0. The Morgan fingerprint density at radius 3 is 0.913 bits per heavy atom. The Bertz CT molecular complexity index is 1380. The van der Waals surface area contributed by atoms with Crippen LogP contribution in [-0.2, 0) is 28.6 Å². The van der Waals surface area contributed by atoms with Crippen molar-refractivity contribution in [2.45, 2.75) is 271 Å². The molecule has 0 aromatic heterocycles. The van der Waals surface area contributed by atoms with Gasteiger partial charge in [0.1, 0.15) is 13.2 Å². The Labute approximate surface area is 426 Å². The van der Waals surface area contributed by atoms with Gasteiger partial charge in [-0.15, -0.1) is 0 Å². The lowest BCUT2D eigenvalue weighted by Gasteiger charge is -2.18. The summed E-state index contributed by atoms with van der Waals surface area (Å²) < 4.78 is 16.8. The summed E-state index contributed by atoms with van der Waals surface area (Å²) in [6, 6.07) is 0. The van der Waals surface area contributed by atoms with Crippen LogP contribution in [0.25, 0.3) is 0 Å². The molecule has 6 heteroatoms. The van der Waals surface area contributed by atoms with E-state index in [-0.39, 0.29) is 31.1 Å². The van der Waals surface area contributed by atoms with Gasteiger partial charge in [-0.25, -0.2) is 0 Å². The summed E-state index contributed by atoms with van der Waals surface area (Å²) in [6.07, 6.45) is 75.4. The fourth-order valence-electron chi connectivity index (χ4n) is 7.77. The van der Waals surface area contributed by atoms with E-state index < -0.39 is 6.10 Å². The van der Waals surface area contributed by atoms with Gasteiger partial charge in [-0.2, -0.15) is 0 Å². The molecule has 0 aromatic carbocycles. The molecule has 0 saturated heterocycles. The minimum atomic E-state index is -0.794. The molecule has 1 atom stereocenters. The van der Waals surface area contributed by atoms with Crippen molar-refractivity contribution in [1.82, 2.24) is 0 Å². The standard InChI is InChI=1S/C63H106O6/c1-4-7-10-13-16-19-22-24-26-28-29-30-31-32-33-34-35-36-38-39-41-44-47-50-53-56-62(65)68-59-60(58-67-61(64)55-52-49-46-43-21-18-15-12-9-6-3)69-63(66)57-54-51-48-45-42-40-37-27-25-23-20-17-14-11-8-5-2/h7,10,16,19,24,26-27,29-30,32-33,35-37,39,41,60H,4-6,8-9,11-15,17-18,20-23,25,28,31,34,38,40,42-59H2,1-3H3/b10-7-,19-16-,26-24-,30-29-,33-32-,36-35-,37-27-,41-39-. The molecule has 0 amide bonds. The molecule has 0 bridgehead atoms. The van der Waals surface area contributed by atoms with Gasteiger partial charge >= 0.3 is 17.9 Å². The number of rotatable bonds is 51. The highest BCUT2D eigenvalue weighted by molar-refractivity contribution is 5.71. The van der Waals surface area contributed by atoms with Crippen LogP contribution in [0, 0.1) is 0 Å². The maximum absolute atomic E-state index is 12.8. The predicted molar refractivity (Wildman–Crippen MR) is 297 cm³/mol. The first-order valence-corrected chi connectivity index (χ1v) is 28.7. The lowest BCUT2D eigenvalue weighted by atomic mass is 10.1. The molecule has 0 aliphatic heterocycles. The van der Waals surface area contributed by atoms with Crippen LogP contribution in [-0.4, -0.2) is 37.2 Å².